The predicted molar refractivity (Wildman–Crippen MR) is 142 cm³/mol. The van der Waals surface area contributed by atoms with Gasteiger partial charge in [-0.3, -0.25) is 24.3 Å². The van der Waals surface area contributed by atoms with Gasteiger partial charge in [0, 0.05) is 17.8 Å². The Bertz CT molecular complexity index is 1780. The summed E-state index contributed by atoms with van der Waals surface area (Å²) in [5, 5.41) is 32.5. The molecular formula is C27H18N4O6S. The number of nitrogens with zero attached hydrogens (tertiary/aromatic N) is 3. The number of aryl methyl sites for hydroxylation is 1. The van der Waals surface area contributed by atoms with Crippen LogP contribution < -0.4 is 20.1 Å². The highest BCUT2D eigenvalue weighted by atomic mass is 32.1. The number of rotatable bonds is 6. The smallest absolute Gasteiger partial charge is 0.335 e. The normalized spacial score (nSPS) is 11.9. The molecule has 4 aromatic rings. The third kappa shape index (κ3) is 5.40. The van der Waals surface area contributed by atoms with Gasteiger partial charge in [0.15, 0.2) is 5.57 Å². The molecule has 4 rings (SSSR count). The Labute approximate surface area is 218 Å². The predicted octanol–water partition coefficient (Wildman–Crippen LogP) is 2.96. The zero-order chi connectivity index (χ0) is 27.4. The maximum absolute atomic E-state index is 13.5. The van der Waals surface area contributed by atoms with Crippen LogP contribution in [0.4, 0.5) is 11.4 Å². The molecule has 10 nitrogen and oxygen atoms in total. The van der Waals surface area contributed by atoms with Crippen molar-refractivity contribution < 1.29 is 19.6 Å². The molecule has 3 aromatic carbocycles. The fourth-order valence-corrected chi connectivity index (χ4v) is 4.61. The van der Waals surface area contributed by atoms with Crippen LogP contribution in [0.3, 0.4) is 0 Å². The number of carbonyl (C=O) groups excluding carboxylic acids is 1. The van der Waals surface area contributed by atoms with Gasteiger partial charge in [0.25, 0.3) is 17.2 Å². The maximum Gasteiger partial charge on any atom is 0.335 e. The number of nitrogens with one attached hydrogen (secondary N) is 1. The number of nitro groups is 1. The minimum Gasteiger partial charge on any atom is -0.478 e. The van der Waals surface area contributed by atoms with E-state index < -0.39 is 22.4 Å². The number of aromatic carboxylic acids is 1. The summed E-state index contributed by atoms with van der Waals surface area (Å²) in [6.07, 6.45) is 1.53. The Balaban J connectivity index is 1.88. The van der Waals surface area contributed by atoms with Crippen molar-refractivity contribution in [2.24, 2.45) is 0 Å². The monoisotopic (exact) mass is 526 g/mol. The van der Waals surface area contributed by atoms with Crippen LogP contribution in [0.2, 0.25) is 0 Å². The molecular weight excluding hydrogens is 508 g/mol. The van der Waals surface area contributed by atoms with Crippen LogP contribution in [-0.4, -0.2) is 26.5 Å². The van der Waals surface area contributed by atoms with Crippen LogP contribution in [0.5, 0.6) is 0 Å². The summed E-state index contributed by atoms with van der Waals surface area (Å²) < 4.78 is 1.57. The van der Waals surface area contributed by atoms with E-state index >= 15 is 0 Å². The molecule has 1 aromatic heterocycles. The van der Waals surface area contributed by atoms with Crippen molar-refractivity contribution in [3.05, 3.63) is 119 Å². The van der Waals surface area contributed by atoms with Gasteiger partial charge in [-0.1, -0.05) is 17.7 Å². The number of aromatic nitrogens is 1. The number of carbonyl (C=O) groups is 2. The van der Waals surface area contributed by atoms with Gasteiger partial charge in [-0.25, -0.2) is 4.79 Å². The Morgan fingerprint density at radius 3 is 2.24 bits per heavy atom. The van der Waals surface area contributed by atoms with Crippen LogP contribution in [0, 0.1) is 28.4 Å². The molecule has 0 saturated heterocycles. The molecule has 0 saturated carbocycles. The number of thiazole rings is 1. The Morgan fingerprint density at radius 1 is 1.05 bits per heavy atom. The first kappa shape index (κ1) is 25.7. The van der Waals surface area contributed by atoms with Crippen molar-refractivity contribution in [3.63, 3.8) is 0 Å². The maximum atomic E-state index is 13.5. The molecule has 0 aliphatic carbocycles. The first-order valence-electron chi connectivity index (χ1n) is 11.0. The first-order chi connectivity index (χ1) is 18.2. The summed E-state index contributed by atoms with van der Waals surface area (Å²) in [6, 6.07) is 19.9. The molecule has 0 aliphatic heterocycles. The van der Waals surface area contributed by atoms with Crippen LogP contribution in [0.1, 0.15) is 21.5 Å². The molecule has 1 heterocycles. The molecule has 0 spiro atoms. The van der Waals surface area contributed by atoms with E-state index in [1.807, 2.05) is 13.0 Å². The number of carboxylic acid groups (broad SMARTS) is 1. The van der Waals surface area contributed by atoms with Crippen molar-refractivity contribution in [1.82, 2.24) is 4.57 Å². The average molecular weight is 527 g/mol. The number of hydrogen-bond donors (Lipinski definition) is 2. The van der Waals surface area contributed by atoms with Gasteiger partial charge in [-0.15, -0.1) is 11.3 Å². The van der Waals surface area contributed by atoms with E-state index in [9.17, 15) is 29.8 Å². The standard InChI is InChI=1S/C27H18N4O6S/c1-16-2-10-20(11-3-16)30-25(33)23(14-17-4-12-21(13-5-17)31(36)37)38-26(30)22(15-28)24(32)29-19-8-6-18(7-9-19)27(34)35/h2-14H,1H3,(H,29,32)(H,34,35)/b23-14+,26-22-. The molecule has 0 fully saturated rings. The van der Waals surface area contributed by atoms with E-state index in [1.165, 1.54) is 59.2 Å². The second-order valence-electron chi connectivity index (χ2n) is 8.06. The highest BCUT2D eigenvalue weighted by Crippen LogP contribution is 2.14. The summed E-state index contributed by atoms with van der Waals surface area (Å²) in [4.78, 5) is 48.1. The molecule has 1 amide bonds. The third-order valence-electron chi connectivity index (χ3n) is 5.46. The van der Waals surface area contributed by atoms with Crippen molar-refractivity contribution in [3.8, 4) is 11.8 Å². The number of non-ortho nitro benzene ring substituents is 1. The lowest BCUT2D eigenvalue weighted by Gasteiger charge is -2.06. The molecule has 0 radical (unpaired) electrons. The Hall–Kier alpha value is -5.34. The molecule has 0 atom stereocenters. The van der Waals surface area contributed by atoms with Crippen LogP contribution >= 0.6 is 11.3 Å². The first-order valence-corrected chi connectivity index (χ1v) is 11.8. The third-order valence-corrected chi connectivity index (χ3v) is 6.55. The van der Waals surface area contributed by atoms with E-state index in [4.69, 9.17) is 5.11 Å². The lowest BCUT2D eigenvalue weighted by molar-refractivity contribution is -0.384. The number of hydrogen-bond acceptors (Lipinski definition) is 7. The van der Waals surface area contributed by atoms with E-state index in [0.717, 1.165) is 16.9 Å². The summed E-state index contributed by atoms with van der Waals surface area (Å²) in [7, 11) is 0. The molecule has 38 heavy (non-hydrogen) atoms. The second kappa shape index (κ2) is 10.7. The van der Waals surface area contributed by atoms with Crippen LogP contribution in [-0.2, 0) is 4.79 Å². The zero-order valence-corrected chi connectivity index (χ0v) is 20.6. The Kier molecular flexibility index (Phi) is 7.27. The minimum atomic E-state index is -1.12. The van der Waals surface area contributed by atoms with Gasteiger partial charge in [-0.05, 0) is 67.1 Å². The fraction of sp³-hybridized carbons (Fsp3) is 0.0370. The summed E-state index contributed by atoms with van der Waals surface area (Å²) in [5.74, 6) is -1.90. The van der Waals surface area contributed by atoms with Crippen molar-refractivity contribution >= 4 is 46.2 Å². The van der Waals surface area contributed by atoms with Gasteiger partial charge in [0.2, 0.25) is 0 Å². The van der Waals surface area contributed by atoms with Crippen molar-refractivity contribution in [2.45, 2.75) is 6.92 Å². The molecule has 11 heteroatoms. The van der Waals surface area contributed by atoms with Gasteiger partial charge < -0.3 is 10.4 Å². The molecule has 0 bridgehead atoms. The van der Waals surface area contributed by atoms with Gasteiger partial charge in [0.05, 0.1) is 20.7 Å². The molecule has 2 N–H and O–H groups in total. The van der Waals surface area contributed by atoms with E-state index in [0.29, 0.717) is 11.3 Å². The number of benzene rings is 3. The Morgan fingerprint density at radius 2 is 1.68 bits per heavy atom. The molecule has 188 valence electrons. The number of carboxylic acids is 1. The highest BCUT2D eigenvalue weighted by Gasteiger charge is 2.18. The summed E-state index contributed by atoms with van der Waals surface area (Å²) >= 11 is 0.931. The second-order valence-corrected chi connectivity index (χ2v) is 9.09. The number of amides is 1. The van der Waals surface area contributed by atoms with Crippen LogP contribution in [0.25, 0.3) is 17.3 Å². The van der Waals surface area contributed by atoms with Crippen molar-refractivity contribution in [1.29, 1.82) is 5.26 Å². The number of nitro benzene ring substituents is 1. The summed E-state index contributed by atoms with van der Waals surface area (Å²) in [5.41, 5.74) is 1.33. The number of nitriles is 1. The minimum absolute atomic E-state index is 0.0328. The topological polar surface area (TPSA) is 155 Å². The largest absolute Gasteiger partial charge is 0.478 e. The zero-order valence-electron chi connectivity index (χ0n) is 19.7. The lowest BCUT2D eigenvalue weighted by Crippen LogP contribution is -2.32. The molecule has 0 unspecified atom stereocenters. The SMILES string of the molecule is Cc1ccc(-n2c(=O)/c(=C\c3ccc([N+](=O)[O-])cc3)s/c2=C(/C#N)C(=O)Nc2ccc(C(=O)O)cc2)cc1. The van der Waals surface area contributed by atoms with Gasteiger partial charge in [-0.2, -0.15) is 5.26 Å². The lowest BCUT2D eigenvalue weighted by atomic mass is 10.2. The number of anilines is 1. The van der Waals surface area contributed by atoms with Gasteiger partial charge in [0.1, 0.15) is 10.7 Å². The van der Waals surface area contributed by atoms with Crippen LogP contribution in [0.15, 0.2) is 77.6 Å². The quantitative estimate of drug-likeness (QED) is 0.289. The van der Waals surface area contributed by atoms with E-state index in [1.54, 1.807) is 24.3 Å². The summed E-state index contributed by atoms with van der Waals surface area (Å²) in [6.45, 7) is 1.88. The fourth-order valence-electron chi connectivity index (χ4n) is 3.51. The average Bonchev–Trinajstić information content (AvgIpc) is 3.20. The molecule has 0 aliphatic rings. The van der Waals surface area contributed by atoms with Crippen molar-refractivity contribution in [2.75, 3.05) is 5.32 Å². The highest BCUT2D eigenvalue weighted by molar-refractivity contribution is 7.07. The van der Waals surface area contributed by atoms with E-state index in [-0.39, 0.29) is 31.7 Å². The van der Waals surface area contributed by atoms with E-state index in [2.05, 4.69) is 5.32 Å². The van der Waals surface area contributed by atoms with Gasteiger partial charge >= 0.3 is 5.97 Å².